The molecule has 2 heterocycles. The number of nitrogens with zero attached hydrogens (tertiary/aromatic N) is 2. The summed E-state index contributed by atoms with van der Waals surface area (Å²) in [4.78, 5) is 8.00. The van der Waals surface area contributed by atoms with Gasteiger partial charge >= 0.3 is 6.18 Å². The summed E-state index contributed by atoms with van der Waals surface area (Å²) in [5.41, 5.74) is 7.75. The maximum Gasteiger partial charge on any atom is 0.416 e. The second-order valence-electron chi connectivity index (χ2n) is 4.32. The van der Waals surface area contributed by atoms with E-state index in [1.165, 1.54) is 11.3 Å². The average molecular weight is 310 g/mol. The van der Waals surface area contributed by atoms with E-state index in [1.807, 2.05) is 0 Å². The van der Waals surface area contributed by atoms with Crippen LogP contribution in [0.4, 0.5) is 30.5 Å². The highest BCUT2D eigenvalue weighted by Crippen LogP contribution is 2.32. The lowest BCUT2D eigenvalue weighted by atomic mass is 10.2. The van der Waals surface area contributed by atoms with Crippen LogP contribution in [0.3, 0.4) is 0 Å². The van der Waals surface area contributed by atoms with Gasteiger partial charge in [-0.3, -0.25) is 0 Å². The highest BCUT2D eigenvalue weighted by molar-refractivity contribution is 7.16. The fraction of sp³-hybridized carbons (Fsp3) is 0.0769. The van der Waals surface area contributed by atoms with E-state index in [-0.39, 0.29) is 11.6 Å². The first kappa shape index (κ1) is 13.6. The van der Waals surface area contributed by atoms with E-state index in [0.29, 0.717) is 5.69 Å². The molecule has 0 radical (unpaired) electrons. The van der Waals surface area contributed by atoms with Crippen molar-refractivity contribution in [1.82, 2.24) is 9.97 Å². The number of benzene rings is 1. The Bertz CT molecular complexity index is 797. The smallest absolute Gasteiger partial charge is 0.384 e. The van der Waals surface area contributed by atoms with Crippen molar-refractivity contribution in [2.45, 2.75) is 6.18 Å². The molecule has 0 saturated carbocycles. The standard InChI is InChI=1S/C13H9F3N4S/c14-13(15,16)7-3-11(17)20-12(4-7)19-8-1-2-9-10(5-8)21-6-18-9/h1-6H,(H3,17,19,20). The number of nitrogen functional groups attached to an aromatic ring is 1. The van der Waals surface area contributed by atoms with Gasteiger partial charge in [-0.05, 0) is 30.3 Å². The monoisotopic (exact) mass is 310 g/mol. The summed E-state index contributed by atoms with van der Waals surface area (Å²) in [6.45, 7) is 0. The molecule has 0 unspecified atom stereocenters. The van der Waals surface area contributed by atoms with Gasteiger partial charge in [0.15, 0.2) is 0 Å². The minimum Gasteiger partial charge on any atom is -0.384 e. The van der Waals surface area contributed by atoms with Gasteiger partial charge in [0.2, 0.25) is 0 Å². The number of thiazole rings is 1. The minimum absolute atomic E-state index is 0.0474. The van der Waals surface area contributed by atoms with Gasteiger partial charge in [0.25, 0.3) is 0 Å². The summed E-state index contributed by atoms with van der Waals surface area (Å²) in [5.74, 6) is -0.141. The number of aromatic nitrogens is 2. The summed E-state index contributed by atoms with van der Waals surface area (Å²) in [6, 6.07) is 7.03. The number of pyridine rings is 1. The third kappa shape index (κ3) is 2.89. The Balaban J connectivity index is 1.95. The van der Waals surface area contributed by atoms with Crippen LogP contribution in [0.1, 0.15) is 5.56 Å². The fourth-order valence-electron chi connectivity index (χ4n) is 1.86. The normalized spacial score (nSPS) is 11.8. The average Bonchev–Trinajstić information content (AvgIpc) is 2.84. The number of anilines is 3. The topological polar surface area (TPSA) is 63.8 Å². The van der Waals surface area contributed by atoms with E-state index in [0.717, 1.165) is 22.3 Å². The van der Waals surface area contributed by atoms with Crippen LogP contribution >= 0.6 is 11.3 Å². The third-order valence-electron chi connectivity index (χ3n) is 2.78. The quantitative estimate of drug-likeness (QED) is 0.750. The number of fused-ring (bicyclic) bond motifs is 1. The number of nitrogens with two attached hydrogens (primary N) is 1. The maximum atomic E-state index is 12.7. The lowest BCUT2D eigenvalue weighted by molar-refractivity contribution is -0.137. The van der Waals surface area contributed by atoms with Crippen LogP contribution in [0, 0.1) is 0 Å². The van der Waals surface area contributed by atoms with Crippen molar-refractivity contribution in [3.8, 4) is 0 Å². The van der Waals surface area contributed by atoms with Gasteiger partial charge in [0, 0.05) is 5.69 Å². The second-order valence-corrected chi connectivity index (χ2v) is 5.21. The van der Waals surface area contributed by atoms with Crippen LogP contribution in [0.2, 0.25) is 0 Å². The zero-order chi connectivity index (χ0) is 15.0. The third-order valence-corrected chi connectivity index (χ3v) is 3.57. The number of hydrogen-bond donors (Lipinski definition) is 2. The van der Waals surface area contributed by atoms with Gasteiger partial charge in [-0.15, -0.1) is 11.3 Å². The number of rotatable bonds is 2. The molecule has 4 nitrogen and oxygen atoms in total. The van der Waals surface area contributed by atoms with Crippen molar-refractivity contribution in [1.29, 1.82) is 0 Å². The number of nitrogens with one attached hydrogen (secondary N) is 1. The van der Waals surface area contributed by atoms with Crippen LogP contribution in [0.15, 0.2) is 35.8 Å². The molecular weight excluding hydrogens is 301 g/mol. The van der Waals surface area contributed by atoms with Crippen molar-refractivity contribution >= 4 is 38.9 Å². The van der Waals surface area contributed by atoms with Crippen LogP contribution in [-0.2, 0) is 6.18 Å². The Morgan fingerprint density at radius 3 is 2.71 bits per heavy atom. The van der Waals surface area contributed by atoms with Crippen molar-refractivity contribution in [3.05, 3.63) is 41.4 Å². The van der Waals surface area contributed by atoms with Gasteiger partial charge in [-0.2, -0.15) is 13.2 Å². The maximum absolute atomic E-state index is 12.7. The molecule has 21 heavy (non-hydrogen) atoms. The molecule has 0 atom stereocenters. The van der Waals surface area contributed by atoms with Crippen molar-refractivity contribution in [3.63, 3.8) is 0 Å². The van der Waals surface area contributed by atoms with E-state index < -0.39 is 11.7 Å². The first-order valence-electron chi connectivity index (χ1n) is 5.87. The van der Waals surface area contributed by atoms with Gasteiger partial charge < -0.3 is 11.1 Å². The molecule has 0 aliphatic rings. The Morgan fingerprint density at radius 1 is 1.14 bits per heavy atom. The van der Waals surface area contributed by atoms with Gasteiger partial charge in [0.05, 0.1) is 21.3 Å². The molecule has 0 aliphatic heterocycles. The van der Waals surface area contributed by atoms with Gasteiger partial charge in [-0.1, -0.05) is 0 Å². The van der Waals surface area contributed by atoms with Crippen molar-refractivity contribution in [2.75, 3.05) is 11.1 Å². The molecule has 2 aromatic heterocycles. The molecule has 0 aliphatic carbocycles. The number of halogens is 3. The summed E-state index contributed by atoms with van der Waals surface area (Å²) in [6.07, 6.45) is -4.46. The SMILES string of the molecule is Nc1cc(C(F)(F)F)cc(Nc2ccc3ncsc3c2)n1. The summed E-state index contributed by atoms with van der Waals surface area (Å²) in [5, 5.41) is 2.83. The molecule has 0 spiro atoms. The van der Waals surface area contributed by atoms with E-state index in [9.17, 15) is 13.2 Å². The zero-order valence-corrected chi connectivity index (χ0v) is 11.3. The van der Waals surface area contributed by atoms with E-state index >= 15 is 0 Å². The van der Waals surface area contributed by atoms with Crippen LogP contribution in [0.5, 0.6) is 0 Å². The van der Waals surface area contributed by atoms with Gasteiger partial charge in [-0.25, -0.2) is 9.97 Å². The second kappa shape index (κ2) is 4.88. The molecule has 108 valence electrons. The fourth-order valence-corrected chi connectivity index (χ4v) is 2.58. The van der Waals surface area contributed by atoms with Crippen LogP contribution < -0.4 is 11.1 Å². The Morgan fingerprint density at radius 2 is 1.95 bits per heavy atom. The Kier molecular flexibility index (Phi) is 3.17. The molecule has 1 aromatic carbocycles. The molecule has 0 saturated heterocycles. The summed E-state index contributed by atoms with van der Waals surface area (Å²) >= 11 is 1.45. The molecule has 0 fully saturated rings. The molecule has 0 bridgehead atoms. The Labute approximate surface area is 121 Å². The predicted molar refractivity (Wildman–Crippen MR) is 76.6 cm³/mol. The summed E-state index contributed by atoms with van der Waals surface area (Å²) < 4.78 is 39.1. The Hall–Kier alpha value is -2.35. The largest absolute Gasteiger partial charge is 0.416 e. The van der Waals surface area contributed by atoms with Crippen molar-refractivity contribution < 1.29 is 13.2 Å². The van der Waals surface area contributed by atoms with Crippen LogP contribution in [-0.4, -0.2) is 9.97 Å². The van der Waals surface area contributed by atoms with E-state index in [1.54, 1.807) is 23.7 Å². The van der Waals surface area contributed by atoms with Crippen molar-refractivity contribution in [2.24, 2.45) is 0 Å². The summed E-state index contributed by atoms with van der Waals surface area (Å²) in [7, 11) is 0. The molecule has 3 aromatic rings. The van der Waals surface area contributed by atoms with Crippen LogP contribution in [0.25, 0.3) is 10.2 Å². The molecule has 0 amide bonds. The van der Waals surface area contributed by atoms with Gasteiger partial charge in [0.1, 0.15) is 11.6 Å². The number of hydrogen-bond acceptors (Lipinski definition) is 5. The predicted octanol–water partition coefficient (Wildman–Crippen LogP) is 4.04. The molecular formula is C13H9F3N4S. The lowest BCUT2D eigenvalue weighted by Crippen LogP contribution is -2.08. The molecule has 8 heteroatoms. The molecule has 3 N–H and O–H groups in total. The highest BCUT2D eigenvalue weighted by Gasteiger charge is 2.31. The zero-order valence-electron chi connectivity index (χ0n) is 10.5. The lowest BCUT2D eigenvalue weighted by Gasteiger charge is -2.11. The highest BCUT2D eigenvalue weighted by atomic mass is 32.1. The minimum atomic E-state index is -4.46. The number of alkyl halides is 3. The molecule has 3 rings (SSSR count). The van der Waals surface area contributed by atoms with E-state index in [2.05, 4.69) is 15.3 Å². The first-order chi connectivity index (χ1) is 9.91. The van der Waals surface area contributed by atoms with E-state index in [4.69, 9.17) is 5.73 Å². The first-order valence-corrected chi connectivity index (χ1v) is 6.75.